The van der Waals surface area contributed by atoms with E-state index in [9.17, 15) is 9.59 Å². The summed E-state index contributed by atoms with van der Waals surface area (Å²) >= 11 is 0. The number of aromatic nitrogens is 1. The number of hydrogen-bond donors (Lipinski definition) is 2. The second-order valence-electron chi connectivity index (χ2n) is 8.43. The van der Waals surface area contributed by atoms with Crippen molar-refractivity contribution in [3.8, 4) is 5.75 Å². The Kier molecular flexibility index (Phi) is 6.60. The fourth-order valence-corrected chi connectivity index (χ4v) is 4.99. The number of aliphatic carboxylic acids is 1. The maximum absolute atomic E-state index is 12.6. The Morgan fingerprint density at radius 1 is 1.41 bits per heavy atom. The van der Waals surface area contributed by atoms with E-state index in [0.29, 0.717) is 17.6 Å². The fraction of sp³-hybridized carbons (Fsp3) is 0.458. The fourth-order valence-electron chi connectivity index (χ4n) is 4.99. The van der Waals surface area contributed by atoms with Crippen molar-refractivity contribution >= 4 is 23.0 Å². The van der Waals surface area contributed by atoms with E-state index in [1.165, 1.54) is 0 Å². The van der Waals surface area contributed by atoms with Gasteiger partial charge in [-0.25, -0.2) is 4.79 Å². The minimum atomic E-state index is -0.972. The first-order valence-electron chi connectivity index (χ1n) is 11.0. The molecule has 2 aromatic rings. The molecule has 1 aromatic carbocycles. The van der Waals surface area contributed by atoms with Crippen LogP contribution in [-0.2, 0) is 9.53 Å². The lowest BCUT2D eigenvalue weighted by atomic mass is 9.73. The Balaban J connectivity index is 1.67. The first-order chi connectivity index (χ1) is 15.5. The molecule has 4 heterocycles. The SMILES string of the molecule is C=C[C@H]1CN2CC[C@H]1C[C@H]2[C@H](OC(=O)NCCC(=O)O)c1ccnc2ccc(OC)cc12. The first-order valence-corrected chi connectivity index (χ1v) is 11.0. The van der Waals surface area contributed by atoms with Crippen LogP contribution < -0.4 is 10.1 Å². The van der Waals surface area contributed by atoms with Gasteiger partial charge in [0.15, 0.2) is 0 Å². The van der Waals surface area contributed by atoms with Crippen LogP contribution in [0.4, 0.5) is 4.79 Å². The van der Waals surface area contributed by atoms with Gasteiger partial charge in [0.2, 0.25) is 0 Å². The molecule has 3 aliphatic heterocycles. The third kappa shape index (κ3) is 4.55. The number of carboxylic acids is 1. The van der Waals surface area contributed by atoms with Crippen LogP contribution in [0.25, 0.3) is 10.9 Å². The maximum atomic E-state index is 12.6. The van der Waals surface area contributed by atoms with Crippen molar-refractivity contribution in [2.45, 2.75) is 31.4 Å². The van der Waals surface area contributed by atoms with Crippen molar-refractivity contribution in [2.75, 3.05) is 26.7 Å². The summed E-state index contributed by atoms with van der Waals surface area (Å²) in [6.07, 6.45) is 4.47. The van der Waals surface area contributed by atoms with Crippen LogP contribution in [0.3, 0.4) is 0 Å². The maximum Gasteiger partial charge on any atom is 0.407 e. The molecule has 5 rings (SSSR count). The number of nitrogens with one attached hydrogen (secondary N) is 1. The Hall–Kier alpha value is -3.13. The molecule has 3 saturated heterocycles. The van der Waals surface area contributed by atoms with E-state index in [2.05, 4.69) is 21.8 Å². The highest BCUT2D eigenvalue weighted by molar-refractivity contribution is 5.84. The summed E-state index contributed by atoms with van der Waals surface area (Å²) in [4.78, 5) is 30.3. The lowest BCUT2D eigenvalue weighted by molar-refractivity contribution is -0.136. The van der Waals surface area contributed by atoms with Crippen molar-refractivity contribution < 1.29 is 24.2 Å². The zero-order chi connectivity index (χ0) is 22.7. The number of piperidine rings is 3. The number of carbonyl (C=O) groups excluding carboxylic acids is 1. The van der Waals surface area contributed by atoms with Crippen LogP contribution in [0.1, 0.15) is 30.9 Å². The number of ether oxygens (including phenoxy) is 2. The van der Waals surface area contributed by atoms with E-state index in [1.807, 2.05) is 30.3 Å². The molecule has 3 aliphatic rings. The number of nitrogens with zero attached hydrogens (tertiary/aromatic N) is 2. The molecule has 8 nitrogen and oxygen atoms in total. The monoisotopic (exact) mass is 439 g/mol. The van der Waals surface area contributed by atoms with Crippen LogP contribution in [0.15, 0.2) is 43.1 Å². The second kappa shape index (κ2) is 9.56. The molecule has 8 heteroatoms. The number of alkyl carbamates (subject to hydrolysis) is 1. The lowest BCUT2D eigenvalue weighted by Crippen LogP contribution is -2.55. The topological polar surface area (TPSA) is 101 Å². The third-order valence-electron chi connectivity index (χ3n) is 6.63. The highest BCUT2D eigenvalue weighted by Crippen LogP contribution is 2.43. The van der Waals surface area contributed by atoms with Gasteiger partial charge < -0.3 is 19.9 Å². The lowest BCUT2D eigenvalue weighted by Gasteiger charge is -2.51. The number of carbonyl (C=O) groups is 2. The highest BCUT2D eigenvalue weighted by atomic mass is 16.6. The van der Waals surface area contributed by atoms with Gasteiger partial charge in [-0.2, -0.15) is 0 Å². The molecule has 0 saturated carbocycles. The van der Waals surface area contributed by atoms with Crippen molar-refractivity contribution in [1.82, 2.24) is 15.2 Å². The number of amides is 1. The zero-order valence-electron chi connectivity index (χ0n) is 18.2. The van der Waals surface area contributed by atoms with Gasteiger partial charge in [0.1, 0.15) is 11.9 Å². The van der Waals surface area contributed by atoms with Crippen LogP contribution in [-0.4, -0.2) is 59.8 Å². The van der Waals surface area contributed by atoms with Gasteiger partial charge in [-0.1, -0.05) is 6.08 Å². The van der Waals surface area contributed by atoms with Gasteiger partial charge in [0.05, 0.1) is 25.1 Å². The van der Waals surface area contributed by atoms with Crippen LogP contribution >= 0.6 is 0 Å². The average molecular weight is 440 g/mol. The molecule has 0 radical (unpaired) electrons. The van der Waals surface area contributed by atoms with Gasteiger partial charge in [-0.15, -0.1) is 6.58 Å². The average Bonchev–Trinajstić information content (AvgIpc) is 2.81. The number of rotatable bonds is 8. The Morgan fingerprint density at radius 3 is 2.94 bits per heavy atom. The molecule has 2 bridgehead atoms. The summed E-state index contributed by atoms with van der Waals surface area (Å²) in [5, 5.41) is 12.3. The normalized spacial score (nSPS) is 25.2. The van der Waals surface area contributed by atoms with Crippen molar-refractivity contribution in [3.05, 3.63) is 48.7 Å². The number of fused-ring (bicyclic) bond motifs is 4. The highest BCUT2D eigenvalue weighted by Gasteiger charge is 2.44. The van der Waals surface area contributed by atoms with Crippen molar-refractivity contribution in [1.29, 1.82) is 0 Å². The van der Waals surface area contributed by atoms with E-state index >= 15 is 0 Å². The van der Waals surface area contributed by atoms with Crippen LogP contribution in [0, 0.1) is 11.8 Å². The predicted molar refractivity (Wildman–Crippen MR) is 120 cm³/mol. The molecule has 2 N–H and O–H groups in total. The summed E-state index contributed by atoms with van der Waals surface area (Å²) in [7, 11) is 1.61. The smallest absolute Gasteiger partial charge is 0.407 e. The van der Waals surface area contributed by atoms with E-state index < -0.39 is 18.2 Å². The summed E-state index contributed by atoms with van der Waals surface area (Å²) in [6.45, 7) is 5.86. The van der Waals surface area contributed by atoms with Gasteiger partial charge in [0, 0.05) is 30.2 Å². The molecular weight excluding hydrogens is 410 g/mol. The second-order valence-corrected chi connectivity index (χ2v) is 8.43. The van der Waals surface area contributed by atoms with E-state index in [1.54, 1.807) is 13.3 Å². The van der Waals surface area contributed by atoms with Gasteiger partial charge in [-0.05, 0) is 55.5 Å². The number of pyridine rings is 1. The summed E-state index contributed by atoms with van der Waals surface area (Å²) in [6, 6.07) is 7.58. The molecule has 3 fully saturated rings. The summed E-state index contributed by atoms with van der Waals surface area (Å²) in [5.41, 5.74) is 1.66. The first kappa shape index (κ1) is 22.1. The van der Waals surface area contributed by atoms with E-state index in [0.717, 1.165) is 42.4 Å². The molecule has 170 valence electrons. The number of benzene rings is 1. The zero-order valence-corrected chi connectivity index (χ0v) is 18.2. The van der Waals surface area contributed by atoms with Crippen molar-refractivity contribution in [2.24, 2.45) is 11.8 Å². The Bertz CT molecular complexity index is 1010. The van der Waals surface area contributed by atoms with Gasteiger partial charge in [0.25, 0.3) is 0 Å². The molecule has 0 aliphatic carbocycles. The quantitative estimate of drug-likeness (QED) is 0.608. The third-order valence-corrected chi connectivity index (χ3v) is 6.63. The minimum absolute atomic E-state index is 0.0152. The molecule has 1 aromatic heterocycles. The minimum Gasteiger partial charge on any atom is -0.497 e. The Morgan fingerprint density at radius 2 is 2.25 bits per heavy atom. The number of methoxy groups -OCH3 is 1. The van der Waals surface area contributed by atoms with Gasteiger partial charge in [-0.3, -0.25) is 14.7 Å². The standard InChI is InChI=1S/C24H29N3O5/c1-3-15-14-27-11-8-16(15)12-21(27)23(32-24(30)26-10-7-22(28)29)18-6-9-25-20-5-4-17(31-2)13-19(18)20/h3-6,9,13,15-16,21,23H,1,7-8,10-12,14H2,2H3,(H,26,30)(H,28,29)/t15-,16-,21-,23+/m0/s1. The van der Waals surface area contributed by atoms with E-state index in [-0.39, 0.29) is 19.0 Å². The molecule has 5 atom stereocenters. The molecule has 1 amide bonds. The molecule has 32 heavy (non-hydrogen) atoms. The molecular formula is C24H29N3O5. The number of hydrogen-bond acceptors (Lipinski definition) is 6. The van der Waals surface area contributed by atoms with Crippen LogP contribution in [0.5, 0.6) is 5.75 Å². The largest absolute Gasteiger partial charge is 0.497 e. The van der Waals surface area contributed by atoms with E-state index in [4.69, 9.17) is 14.6 Å². The number of carboxylic acid groups (broad SMARTS) is 1. The summed E-state index contributed by atoms with van der Waals surface area (Å²) < 4.78 is 11.4. The van der Waals surface area contributed by atoms with Gasteiger partial charge >= 0.3 is 12.1 Å². The molecule has 1 unspecified atom stereocenters. The molecule has 0 spiro atoms. The predicted octanol–water partition coefficient (Wildman–Crippen LogP) is 3.38. The summed E-state index contributed by atoms with van der Waals surface area (Å²) in [5.74, 6) is 0.680. The van der Waals surface area contributed by atoms with Crippen LogP contribution in [0.2, 0.25) is 0 Å². The van der Waals surface area contributed by atoms with Crippen molar-refractivity contribution in [3.63, 3.8) is 0 Å². The Labute approximate surface area is 187 Å².